The van der Waals surface area contributed by atoms with Gasteiger partial charge in [-0.25, -0.2) is 9.78 Å². The molecule has 2 heterocycles. The van der Waals surface area contributed by atoms with Gasteiger partial charge in [0.05, 0.1) is 36.8 Å². The third-order valence-electron chi connectivity index (χ3n) is 6.48. The molecule has 182 valence electrons. The number of alkyl halides is 4. The minimum Gasteiger partial charge on any atom is -0.439 e. The lowest BCUT2D eigenvalue weighted by Gasteiger charge is -2.42. The molecule has 0 saturated heterocycles. The van der Waals surface area contributed by atoms with E-state index in [2.05, 4.69) is 9.72 Å². The van der Waals surface area contributed by atoms with Crippen LogP contribution in [0.1, 0.15) is 40.7 Å². The van der Waals surface area contributed by atoms with Gasteiger partial charge in [-0.2, -0.15) is 17.6 Å². The summed E-state index contributed by atoms with van der Waals surface area (Å²) in [5.74, 6) is -8.22. The van der Waals surface area contributed by atoms with Crippen LogP contribution in [-0.4, -0.2) is 38.5 Å². The number of carbonyl (C=O) groups is 1. The molecule has 1 aromatic heterocycles. The van der Waals surface area contributed by atoms with E-state index in [1.807, 2.05) is 60.7 Å². The van der Waals surface area contributed by atoms with Gasteiger partial charge in [0.25, 0.3) is 5.56 Å². The molecule has 35 heavy (non-hydrogen) atoms. The van der Waals surface area contributed by atoms with E-state index in [4.69, 9.17) is 0 Å². The fourth-order valence-corrected chi connectivity index (χ4v) is 4.56. The number of hydrogen-bond acceptors (Lipinski definition) is 4. The largest absolute Gasteiger partial charge is 0.439 e. The Kier molecular flexibility index (Phi) is 5.41. The second kappa shape index (κ2) is 8.21. The average molecular weight is 487 g/mol. The summed E-state index contributed by atoms with van der Waals surface area (Å²) in [6.45, 7) is 1.32. The molecule has 1 aliphatic heterocycles. The second-order valence-corrected chi connectivity index (χ2v) is 8.74. The van der Waals surface area contributed by atoms with Gasteiger partial charge in [-0.1, -0.05) is 60.7 Å². The van der Waals surface area contributed by atoms with Crippen LogP contribution >= 0.6 is 0 Å². The summed E-state index contributed by atoms with van der Waals surface area (Å²) in [7, 11) is 0. The number of amides is 1. The number of fused-ring (bicyclic) bond motifs is 1. The molecule has 2 aliphatic rings. The molecule has 6 nitrogen and oxygen atoms in total. The highest BCUT2D eigenvalue weighted by Crippen LogP contribution is 2.52. The van der Waals surface area contributed by atoms with Gasteiger partial charge in [-0.15, -0.1) is 0 Å². The van der Waals surface area contributed by atoms with Crippen molar-refractivity contribution in [2.45, 2.75) is 50.4 Å². The lowest BCUT2D eigenvalue weighted by Crippen LogP contribution is -2.64. The van der Waals surface area contributed by atoms with Crippen LogP contribution in [0.4, 0.5) is 22.4 Å². The normalized spacial score (nSPS) is 19.8. The molecule has 5 rings (SSSR count). The van der Waals surface area contributed by atoms with Crippen LogP contribution in [0.3, 0.4) is 0 Å². The van der Waals surface area contributed by atoms with Crippen molar-refractivity contribution in [2.75, 3.05) is 0 Å². The zero-order valence-electron chi connectivity index (χ0n) is 18.6. The Morgan fingerprint density at radius 2 is 1.57 bits per heavy atom. The Morgan fingerprint density at radius 3 is 2.09 bits per heavy atom. The highest BCUT2D eigenvalue weighted by molar-refractivity contribution is 5.69. The quantitative estimate of drug-likeness (QED) is 0.501. The topological polar surface area (TPSA) is 64.4 Å². The number of hydrogen-bond donors (Lipinski definition) is 0. The first kappa shape index (κ1) is 23.1. The summed E-state index contributed by atoms with van der Waals surface area (Å²) in [5, 5.41) is 0. The van der Waals surface area contributed by atoms with E-state index < -0.39 is 36.5 Å². The molecule has 1 fully saturated rings. The molecule has 1 aliphatic carbocycles. The zero-order chi connectivity index (χ0) is 25.0. The first-order valence-corrected chi connectivity index (χ1v) is 11.0. The van der Waals surface area contributed by atoms with Gasteiger partial charge in [0.2, 0.25) is 0 Å². The molecule has 1 atom stereocenters. The van der Waals surface area contributed by atoms with Crippen molar-refractivity contribution < 1.29 is 27.1 Å². The van der Waals surface area contributed by atoms with E-state index >= 15 is 0 Å². The van der Waals surface area contributed by atoms with Gasteiger partial charge in [-0.05, 0) is 18.1 Å². The molecule has 0 N–H and O–H groups in total. The smallest absolute Gasteiger partial charge is 0.410 e. The van der Waals surface area contributed by atoms with Gasteiger partial charge in [-0.3, -0.25) is 14.3 Å². The standard InChI is InChI=1S/C25H21F4N3O3/c1-15-30-19-14-31(23(34)35-20-12-24(26,27)25(20,28)29)13-18(19)22(33)32(15)21(16-8-4-2-5-9-16)17-10-6-3-7-11-17/h2-11,20-21H,12-14H2,1H3. The molecule has 10 heteroatoms. The summed E-state index contributed by atoms with van der Waals surface area (Å²) < 4.78 is 59.5. The maximum atomic E-state index is 13.6. The Balaban J connectivity index is 1.46. The molecule has 1 saturated carbocycles. The Hall–Kier alpha value is -3.69. The van der Waals surface area contributed by atoms with Crippen molar-refractivity contribution in [3.05, 3.63) is 99.2 Å². The van der Waals surface area contributed by atoms with Gasteiger partial charge < -0.3 is 4.74 Å². The van der Waals surface area contributed by atoms with E-state index in [0.29, 0.717) is 11.5 Å². The molecule has 3 aromatic rings. The van der Waals surface area contributed by atoms with Crippen LogP contribution in [0, 0.1) is 6.92 Å². The van der Waals surface area contributed by atoms with E-state index in [-0.39, 0.29) is 24.2 Å². The first-order chi connectivity index (χ1) is 16.6. The molecular weight excluding hydrogens is 466 g/mol. The lowest BCUT2D eigenvalue weighted by atomic mass is 9.85. The van der Waals surface area contributed by atoms with Crippen molar-refractivity contribution in [1.29, 1.82) is 0 Å². The molecule has 0 bridgehead atoms. The van der Waals surface area contributed by atoms with Crippen molar-refractivity contribution in [3.8, 4) is 0 Å². The number of ether oxygens (including phenoxy) is 1. The number of halogens is 4. The number of aromatic nitrogens is 2. The molecule has 2 aromatic carbocycles. The molecule has 1 unspecified atom stereocenters. The van der Waals surface area contributed by atoms with Crippen molar-refractivity contribution in [3.63, 3.8) is 0 Å². The molecule has 1 amide bonds. The van der Waals surface area contributed by atoms with Crippen LogP contribution in [0.25, 0.3) is 0 Å². The third kappa shape index (κ3) is 3.77. The van der Waals surface area contributed by atoms with Gasteiger partial charge in [0, 0.05) is 0 Å². The van der Waals surface area contributed by atoms with E-state index in [1.54, 1.807) is 11.5 Å². The number of aryl methyl sites for hydroxylation is 1. The summed E-state index contributed by atoms with van der Waals surface area (Å²) in [4.78, 5) is 31.7. The van der Waals surface area contributed by atoms with E-state index in [0.717, 1.165) is 16.0 Å². The third-order valence-corrected chi connectivity index (χ3v) is 6.48. The highest BCUT2D eigenvalue weighted by Gasteiger charge is 2.74. The van der Waals surface area contributed by atoms with Crippen LogP contribution in [0.15, 0.2) is 65.5 Å². The molecular formula is C25H21F4N3O3. The zero-order valence-corrected chi connectivity index (χ0v) is 18.6. The number of carbonyl (C=O) groups excluding carboxylic acids is 1. The fourth-order valence-electron chi connectivity index (χ4n) is 4.56. The minimum atomic E-state index is -4.42. The van der Waals surface area contributed by atoms with Crippen LogP contribution in [-0.2, 0) is 17.8 Å². The van der Waals surface area contributed by atoms with E-state index in [9.17, 15) is 27.2 Å². The number of benzene rings is 2. The predicted molar refractivity (Wildman–Crippen MR) is 117 cm³/mol. The second-order valence-electron chi connectivity index (χ2n) is 8.74. The Labute approximate surface area is 197 Å². The summed E-state index contributed by atoms with van der Waals surface area (Å²) in [6, 6.07) is 18.3. The SMILES string of the molecule is Cc1nc2c(c(=O)n1C(c1ccccc1)c1ccccc1)CN(C(=O)OC1CC(F)(F)C1(F)F)C2. The maximum absolute atomic E-state index is 13.6. The van der Waals surface area contributed by atoms with Gasteiger partial charge >= 0.3 is 17.9 Å². The van der Waals surface area contributed by atoms with Gasteiger partial charge in [0.15, 0.2) is 6.10 Å². The van der Waals surface area contributed by atoms with Crippen LogP contribution in [0.5, 0.6) is 0 Å². The van der Waals surface area contributed by atoms with Gasteiger partial charge in [0.1, 0.15) is 5.82 Å². The highest BCUT2D eigenvalue weighted by atomic mass is 19.3. The van der Waals surface area contributed by atoms with E-state index in [1.165, 1.54) is 0 Å². The summed E-state index contributed by atoms with van der Waals surface area (Å²) in [6.07, 6.45) is -4.64. The summed E-state index contributed by atoms with van der Waals surface area (Å²) in [5.41, 5.74) is 1.89. The van der Waals surface area contributed by atoms with Crippen LogP contribution < -0.4 is 5.56 Å². The lowest BCUT2D eigenvalue weighted by molar-refractivity contribution is -0.330. The summed E-state index contributed by atoms with van der Waals surface area (Å²) >= 11 is 0. The Morgan fingerprint density at radius 1 is 1.00 bits per heavy atom. The van der Waals surface area contributed by atoms with Crippen molar-refractivity contribution in [2.24, 2.45) is 0 Å². The first-order valence-electron chi connectivity index (χ1n) is 11.0. The fraction of sp³-hybridized carbons (Fsp3) is 0.320. The monoisotopic (exact) mass is 487 g/mol. The van der Waals surface area contributed by atoms with Crippen LogP contribution in [0.2, 0.25) is 0 Å². The average Bonchev–Trinajstić information content (AvgIpc) is 3.27. The number of rotatable bonds is 4. The maximum Gasteiger partial charge on any atom is 0.410 e. The minimum absolute atomic E-state index is 0.138. The Bertz CT molecular complexity index is 1290. The van der Waals surface area contributed by atoms with Crippen molar-refractivity contribution >= 4 is 6.09 Å². The number of nitrogens with zero attached hydrogens (tertiary/aromatic N) is 3. The molecule has 0 radical (unpaired) electrons. The van der Waals surface area contributed by atoms with Crippen molar-refractivity contribution in [1.82, 2.24) is 14.5 Å². The predicted octanol–water partition coefficient (Wildman–Crippen LogP) is 4.68. The molecule has 0 spiro atoms.